The Morgan fingerprint density at radius 3 is 2.88 bits per heavy atom. The van der Waals surface area contributed by atoms with Gasteiger partial charge in [-0.05, 0) is 17.7 Å². The Morgan fingerprint density at radius 1 is 1.35 bits per heavy atom. The lowest BCUT2D eigenvalue weighted by Crippen LogP contribution is -1.98. The maximum Gasteiger partial charge on any atom is 0.336 e. The predicted octanol–water partition coefficient (Wildman–Crippen LogP) is 1.98. The van der Waals surface area contributed by atoms with Gasteiger partial charge in [-0.1, -0.05) is 18.2 Å². The Morgan fingerprint density at radius 2 is 2.12 bits per heavy atom. The smallest absolute Gasteiger partial charge is 0.336 e. The van der Waals surface area contributed by atoms with E-state index in [0.29, 0.717) is 11.1 Å². The van der Waals surface area contributed by atoms with E-state index in [1.165, 1.54) is 25.3 Å². The van der Waals surface area contributed by atoms with Gasteiger partial charge in [-0.25, -0.2) is 9.59 Å². The lowest BCUT2D eigenvalue weighted by molar-refractivity contribution is -0.134. The molecular formula is C13H10O4. The molecule has 0 bridgehead atoms. The maximum absolute atomic E-state index is 11.3. The van der Waals surface area contributed by atoms with E-state index < -0.39 is 11.6 Å². The number of methoxy groups -OCH3 is 1. The van der Waals surface area contributed by atoms with Crippen LogP contribution < -0.4 is 5.63 Å². The third-order valence-corrected chi connectivity index (χ3v) is 2.28. The predicted molar refractivity (Wildman–Crippen MR) is 63.5 cm³/mol. The van der Waals surface area contributed by atoms with Crippen LogP contribution in [0, 0.1) is 0 Å². The Balaban J connectivity index is 2.56. The number of fused-ring (bicyclic) bond motifs is 1. The van der Waals surface area contributed by atoms with Gasteiger partial charge in [0.15, 0.2) is 0 Å². The highest BCUT2D eigenvalue weighted by molar-refractivity contribution is 5.92. The average molecular weight is 230 g/mol. The van der Waals surface area contributed by atoms with Gasteiger partial charge < -0.3 is 9.15 Å². The highest BCUT2D eigenvalue weighted by Gasteiger charge is 2.02. The first-order valence-corrected chi connectivity index (χ1v) is 4.99. The molecule has 1 aromatic heterocycles. The van der Waals surface area contributed by atoms with Gasteiger partial charge in [-0.2, -0.15) is 0 Å². The molecule has 0 radical (unpaired) electrons. The molecule has 0 N–H and O–H groups in total. The molecule has 2 aromatic rings. The molecular weight excluding hydrogens is 220 g/mol. The number of rotatable bonds is 2. The Kier molecular flexibility index (Phi) is 3.05. The van der Waals surface area contributed by atoms with Crippen LogP contribution in [0.2, 0.25) is 0 Å². The summed E-state index contributed by atoms with van der Waals surface area (Å²) >= 11 is 0. The Labute approximate surface area is 97.1 Å². The fraction of sp³-hybridized carbons (Fsp3) is 0.0769. The molecule has 4 heteroatoms. The van der Waals surface area contributed by atoms with Crippen LogP contribution in [0.1, 0.15) is 5.56 Å². The molecule has 0 saturated heterocycles. The third-order valence-electron chi connectivity index (χ3n) is 2.28. The number of hydrogen-bond donors (Lipinski definition) is 0. The van der Waals surface area contributed by atoms with Crippen molar-refractivity contribution in [2.24, 2.45) is 0 Å². The molecule has 0 atom stereocenters. The molecule has 4 nitrogen and oxygen atoms in total. The fourth-order valence-electron chi connectivity index (χ4n) is 1.50. The van der Waals surface area contributed by atoms with Crippen molar-refractivity contribution in [1.82, 2.24) is 0 Å². The van der Waals surface area contributed by atoms with E-state index in [9.17, 15) is 9.59 Å². The average Bonchev–Trinajstić information content (AvgIpc) is 2.35. The number of hydrogen-bond acceptors (Lipinski definition) is 4. The number of ether oxygens (including phenoxy) is 1. The van der Waals surface area contributed by atoms with Crippen LogP contribution in [-0.2, 0) is 9.53 Å². The molecule has 0 spiro atoms. The van der Waals surface area contributed by atoms with Crippen LogP contribution in [0.15, 0.2) is 45.6 Å². The van der Waals surface area contributed by atoms with Gasteiger partial charge >= 0.3 is 11.6 Å². The highest BCUT2D eigenvalue weighted by Crippen LogP contribution is 2.17. The second-order valence-corrected chi connectivity index (χ2v) is 3.37. The first kappa shape index (κ1) is 11.1. The molecule has 0 fully saturated rings. The first-order chi connectivity index (χ1) is 8.20. The minimum Gasteiger partial charge on any atom is -0.466 e. The van der Waals surface area contributed by atoms with Crippen molar-refractivity contribution < 1.29 is 13.9 Å². The molecule has 17 heavy (non-hydrogen) atoms. The van der Waals surface area contributed by atoms with Crippen molar-refractivity contribution in [3.63, 3.8) is 0 Å². The van der Waals surface area contributed by atoms with Gasteiger partial charge in [0.05, 0.1) is 7.11 Å². The second kappa shape index (κ2) is 4.65. The van der Waals surface area contributed by atoms with Crippen molar-refractivity contribution in [2.75, 3.05) is 7.11 Å². The van der Waals surface area contributed by atoms with Crippen molar-refractivity contribution in [3.05, 3.63) is 52.4 Å². The van der Waals surface area contributed by atoms with Crippen LogP contribution in [0.25, 0.3) is 17.0 Å². The summed E-state index contributed by atoms with van der Waals surface area (Å²) in [5.41, 5.74) is 0.667. The van der Waals surface area contributed by atoms with E-state index in [1.54, 1.807) is 12.1 Å². The topological polar surface area (TPSA) is 56.5 Å². The summed E-state index contributed by atoms with van der Waals surface area (Å²) in [6.45, 7) is 0. The first-order valence-electron chi connectivity index (χ1n) is 4.99. The van der Waals surface area contributed by atoms with Crippen LogP contribution >= 0.6 is 0 Å². The summed E-state index contributed by atoms with van der Waals surface area (Å²) in [4.78, 5) is 22.3. The van der Waals surface area contributed by atoms with Gasteiger partial charge in [0.1, 0.15) is 5.58 Å². The molecule has 0 aliphatic rings. The lowest BCUT2D eigenvalue weighted by Gasteiger charge is -1.99. The largest absolute Gasteiger partial charge is 0.466 e. The van der Waals surface area contributed by atoms with Crippen molar-refractivity contribution in [1.29, 1.82) is 0 Å². The SMILES string of the molecule is COC(=O)/C=C/c1cc(=O)oc2ccccc12. The monoisotopic (exact) mass is 230 g/mol. The van der Waals surface area contributed by atoms with E-state index >= 15 is 0 Å². The minimum atomic E-state index is -0.470. The van der Waals surface area contributed by atoms with Crippen molar-refractivity contribution in [3.8, 4) is 0 Å². The van der Waals surface area contributed by atoms with Gasteiger partial charge in [-0.3, -0.25) is 0 Å². The molecule has 0 unspecified atom stereocenters. The zero-order chi connectivity index (χ0) is 12.3. The third kappa shape index (κ3) is 2.42. The van der Waals surface area contributed by atoms with Gasteiger partial charge in [0, 0.05) is 17.5 Å². The van der Waals surface area contributed by atoms with Crippen LogP contribution in [0.5, 0.6) is 0 Å². The summed E-state index contributed by atoms with van der Waals surface area (Å²) in [5.74, 6) is -0.470. The van der Waals surface area contributed by atoms with E-state index in [0.717, 1.165) is 5.39 Å². The van der Waals surface area contributed by atoms with E-state index in [-0.39, 0.29) is 0 Å². The summed E-state index contributed by atoms with van der Waals surface area (Å²) in [5, 5.41) is 0.771. The van der Waals surface area contributed by atoms with Gasteiger partial charge in [0.25, 0.3) is 0 Å². The van der Waals surface area contributed by atoms with Crippen LogP contribution in [0.3, 0.4) is 0 Å². The molecule has 1 aromatic carbocycles. The lowest BCUT2D eigenvalue weighted by atomic mass is 10.1. The summed E-state index contributed by atoms with van der Waals surface area (Å²) in [6.07, 6.45) is 2.80. The Hall–Kier alpha value is -2.36. The normalized spacial score (nSPS) is 10.9. The van der Waals surface area contributed by atoms with E-state index in [4.69, 9.17) is 4.42 Å². The summed E-state index contributed by atoms with van der Waals surface area (Å²) in [7, 11) is 1.30. The summed E-state index contributed by atoms with van der Waals surface area (Å²) in [6, 6.07) is 8.46. The molecule has 2 rings (SSSR count). The molecule has 0 amide bonds. The number of para-hydroxylation sites is 1. The quantitative estimate of drug-likeness (QED) is 0.449. The highest BCUT2D eigenvalue weighted by atomic mass is 16.5. The summed E-state index contributed by atoms with van der Waals surface area (Å²) < 4.78 is 9.52. The molecule has 1 heterocycles. The van der Waals surface area contributed by atoms with E-state index in [2.05, 4.69) is 4.74 Å². The van der Waals surface area contributed by atoms with Gasteiger partial charge in [-0.15, -0.1) is 0 Å². The number of esters is 1. The maximum atomic E-state index is 11.3. The number of carbonyl (C=O) groups is 1. The van der Waals surface area contributed by atoms with E-state index in [1.807, 2.05) is 12.1 Å². The van der Waals surface area contributed by atoms with Crippen molar-refractivity contribution in [2.45, 2.75) is 0 Å². The Bertz CT molecular complexity index is 637. The van der Waals surface area contributed by atoms with Crippen LogP contribution in [-0.4, -0.2) is 13.1 Å². The minimum absolute atomic E-state index is 0.451. The van der Waals surface area contributed by atoms with Gasteiger partial charge in [0.2, 0.25) is 0 Å². The van der Waals surface area contributed by atoms with Crippen molar-refractivity contribution >= 4 is 23.0 Å². The standard InChI is InChI=1S/C13H10O4/c1-16-12(14)7-6-9-8-13(15)17-11-5-3-2-4-10(9)11/h2-8H,1H3/b7-6+. The molecule has 86 valence electrons. The zero-order valence-corrected chi connectivity index (χ0v) is 9.17. The molecule has 0 aliphatic carbocycles. The number of carbonyl (C=O) groups excluding carboxylic acids is 1. The fourth-order valence-corrected chi connectivity index (χ4v) is 1.50. The molecule has 0 saturated carbocycles. The number of benzene rings is 1. The second-order valence-electron chi connectivity index (χ2n) is 3.37. The molecule has 0 aliphatic heterocycles. The van der Waals surface area contributed by atoms with Crippen LogP contribution in [0.4, 0.5) is 0 Å². The zero-order valence-electron chi connectivity index (χ0n) is 9.17.